The highest BCUT2D eigenvalue weighted by Gasteiger charge is 2.22. The van der Waals surface area contributed by atoms with E-state index >= 15 is 0 Å². The van der Waals surface area contributed by atoms with Crippen molar-refractivity contribution < 1.29 is 9.59 Å². The number of hydrogen-bond acceptors (Lipinski definition) is 7. The summed E-state index contributed by atoms with van der Waals surface area (Å²) < 4.78 is 0. The van der Waals surface area contributed by atoms with Crippen molar-refractivity contribution in [2.24, 2.45) is 11.5 Å². The highest BCUT2D eigenvalue weighted by molar-refractivity contribution is 5.89. The summed E-state index contributed by atoms with van der Waals surface area (Å²) in [6.07, 6.45) is 3.68. The van der Waals surface area contributed by atoms with E-state index < -0.39 is 18.0 Å². The molecule has 0 bridgehead atoms. The van der Waals surface area contributed by atoms with Crippen LogP contribution < -0.4 is 22.5 Å². The number of carbonyl (C=O) groups is 2. The fraction of sp³-hybridized carbons (Fsp3) is 0.174. The van der Waals surface area contributed by atoms with Gasteiger partial charge in [-0.25, -0.2) is 15.0 Å². The van der Waals surface area contributed by atoms with Crippen LogP contribution in [0, 0.1) is 0 Å². The fourth-order valence-corrected chi connectivity index (χ4v) is 3.10. The van der Waals surface area contributed by atoms with Crippen molar-refractivity contribution in [3.8, 4) is 0 Å². The van der Waals surface area contributed by atoms with Gasteiger partial charge in [-0.2, -0.15) is 0 Å². The molecule has 2 amide bonds. The number of hydrogen-bond donors (Lipinski definition) is 5. The lowest BCUT2D eigenvalue weighted by molar-refractivity contribution is -0.128. The summed E-state index contributed by atoms with van der Waals surface area (Å²) in [4.78, 5) is 38.2. The first-order chi connectivity index (χ1) is 15.9. The summed E-state index contributed by atoms with van der Waals surface area (Å²) >= 11 is 0. The third-order valence-corrected chi connectivity index (χ3v) is 4.83. The number of nitrogens with two attached hydrogens (primary N) is 3. The molecule has 0 radical (unpaired) electrons. The number of benzene rings is 2. The van der Waals surface area contributed by atoms with Crippen LogP contribution in [-0.2, 0) is 22.4 Å². The number of aromatic nitrogens is 4. The Morgan fingerprint density at radius 3 is 2.09 bits per heavy atom. The molecule has 0 aliphatic carbocycles. The molecule has 4 aromatic rings. The third-order valence-electron chi connectivity index (χ3n) is 4.83. The molecular weight excluding hydrogens is 420 g/mol. The molecule has 10 nitrogen and oxygen atoms in total. The molecule has 2 aromatic heterocycles. The maximum absolute atomic E-state index is 12.2. The zero-order valence-corrected chi connectivity index (χ0v) is 17.9. The number of amides is 2. The number of nitrogens with one attached hydrogen (secondary N) is 2. The van der Waals surface area contributed by atoms with Crippen molar-refractivity contribution in [3.63, 3.8) is 0 Å². The smallest absolute Gasteiger partial charge is 0.240 e. The molecule has 33 heavy (non-hydrogen) atoms. The van der Waals surface area contributed by atoms with E-state index in [1.54, 1.807) is 0 Å². The fourth-order valence-electron chi connectivity index (χ4n) is 3.10. The molecule has 2 aromatic carbocycles. The van der Waals surface area contributed by atoms with Crippen LogP contribution in [0.2, 0.25) is 0 Å². The first-order valence-electron chi connectivity index (χ1n) is 10.3. The number of rotatable bonds is 7. The standard InChI is InChI=1S/C18H21N3O2.C5H5N5/c19-15(11-13-7-3-1-4-8-13)18(23)21-16(17(20)22)12-14-9-5-2-6-10-14;6-4-3-5(9-1-7-3)10-2-8-4/h1-10,15-16H,11-12,19H2,(H2,20,22)(H,21,23);1-2H,(H3,6,7,8,9,10)/t15-,16-;/m0./s1. The van der Waals surface area contributed by atoms with E-state index in [2.05, 4.69) is 25.3 Å². The molecule has 2 heterocycles. The molecule has 0 aliphatic rings. The number of H-pyrrole nitrogens is 1. The molecule has 4 rings (SSSR count). The Balaban J connectivity index is 0.000000252. The highest BCUT2D eigenvalue weighted by atomic mass is 16.2. The number of imidazole rings is 1. The van der Waals surface area contributed by atoms with Crippen LogP contribution in [0.25, 0.3) is 11.2 Å². The number of fused-ring (bicyclic) bond motifs is 1. The molecule has 2 atom stereocenters. The van der Waals surface area contributed by atoms with Crippen molar-refractivity contribution in [2.75, 3.05) is 5.73 Å². The first kappa shape index (κ1) is 23.4. The molecule has 0 saturated carbocycles. The number of carbonyl (C=O) groups excluding carboxylic acids is 2. The predicted molar refractivity (Wildman–Crippen MR) is 125 cm³/mol. The van der Waals surface area contributed by atoms with Gasteiger partial charge in [0.1, 0.15) is 17.9 Å². The summed E-state index contributed by atoms with van der Waals surface area (Å²) in [6.45, 7) is 0. The van der Waals surface area contributed by atoms with E-state index in [1.165, 1.54) is 12.7 Å². The van der Waals surface area contributed by atoms with Gasteiger partial charge in [-0.05, 0) is 17.5 Å². The van der Waals surface area contributed by atoms with Crippen LogP contribution in [0.5, 0.6) is 0 Å². The second kappa shape index (κ2) is 11.3. The highest BCUT2D eigenvalue weighted by Crippen LogP contribution is 2.09. The summed E-state index contributed by atoms with van der Waals surface area (Å²) in [6, 6.07) is 17.4. The van der Waals surface area contributed by atoms with Crippen molar-refractivity contribution >= 4 is 28.8 Å². The third kappa shape index (κ3) is 6.84. The number of nitrogen functional groups attached to an aromatic ring is 1. The Labute approximate surface area is 190 Å². The van der Waals surface area contributed by atoms with Gasteiger partial charge < -0.3 is 27.5 Å². The van der Waals surface area contributed by atoms with Gasteiger partial charge in [0, 0.05) is 6.42 Å². The van der Waals surface area contributed by atoms with Crippen LogP contribution in [0.1, 0.15) is 11.1 Å². The van der Waals surface area contributed by atoms with Gasteiger partial charge in [-0.3, -0.25) is 9.59 Å². The van der Waals surface area contributed by atoms with Gasteiger partial charge >= 0.3 is 0 Å². The molecule has 0 fully saturated rings. The van der Waals surface area contributed by atoms with E-state index in [-0.39, 0.29) is 5.91 Å². The number of nitrogens with zero attached hydrogens (tertiary/aromatic N) is 3. The summed E-state index contributed by atoms with van der Waals surface area (Å²) in [5, 5.41) is 2.65. The predicted octanol–water partition coefficient (Wildman–Crippen LogP) is 0.704. The monoisotopic (exact) mass is 446 g/mol. The molecule has 0 saturated heterocycles. The van der Waals surface area contributed by atoms with E-state index in [1.807, 2.05) is 60.7 Å². The molecule has 8 N–H and O–H groups in total. The summed E-state index contributed by atoms with van der Waals surface area (Å²) in [5.41, 5.74) is 20.0. The molecule has 0 aliphatic heterocycles. The lowest BCUT2D eigenvalue weighted by atomic mass is 10.0. The maximum atomic E-state index is 12.2. The van der Waals surface area contributed by atoms with Crippen molar-refractivity contribution in [1.29, 1.82) is 0 Å². The second-order valence-corrected chi connectivity index (χ2v) is 7.31. The maximum Gasteiger partial charge on any atom is 0.240 e. The van der Waals surface area contributed by atoms with Crippen molar-refractivity contribution in [2.45, 2.75) is 24.9 Å². The first-order valence-corrected chi connectivity index (χ1v) is 10.3. The lowest BCUT2D eigenvalue weighted by Gasteiger charge is -2.18. The number of aromatic amines is 1. The van der Waals surface area contributed by atoms with Crippen LogP contribution in [0.3, 0.4) is 0 Å². The normalized spacial score (nSPS) is 12.3. The quantitative estimate of drug-likeness (QED) is 0.277. The zero-order chi connectivity index (χ0) is 23.6. The van der Waals surface area contributed by atoms with Gasteiger partial charge in [0.15, 0.2) is 11.5 Å². The second-order valence-electron chi connectivity index (χ2n) is 7.31. The van der Waals surface area contributed by atoms with Gasteiger partial charge in [0.2, 0.25) is 11.8 Å². The van der Waals surface area contributed by atoms with Gasteiger partial charge in [0.25, 0.3) is 0 Å². The van der Waals surface area contributed by atoms with E-state index in [0.29, 0.717) is 29.8 Å². The Morgan fingerprint density at radius 1 is 0.909 bits per heavy atom. The van der Waals surface area contributed by atoms with Crippen LogP contribution >= 0.6 is 0 Å². The topological polar surface area (TPSA) is 179 Å². The average molecular weight is 447 g/mol. The minimum Gasteiger partial charge on any atom is -0.382 e. The minimum atomic E-state index is -0.772. The lowest BCUT2D eigenvalue weighted by Crippen LogP contribution is -2.51. The van der Waals surface area contributed by atoms with E-state index in [4.69, 9.17) is 17.2 Å². The molecular formula is C23H26N8O2. The van der Waals surface area contributed by atoms with Gasteiger partial charge in [-0.1, -0.05) is 60.7 Å². The van der Waals surface area contributed by atoms with Gasteiger partial charge in [0.05, 0.1) is 12.4 Å². The molecule has 0 spiro atoms. The Morgan fingerprint density at radius 2 is 1.52 bits per heavy atom. The average Bonchev–Trinajstić information content (AvgIpc) is 3.31. The van der Waals surface area contributed by atoms with Crippen LogP contribution in [-0.4, -0.2) is 43.8 Å². The van der Waals surface area contributed by atoms with Crippen molar-refractivity contribution in [1.82, 2.24) is 25.3 Å². The SMILES string of the molecule is NC(=O)[C@H](Cc1ccccc1)NC(=O)[C@@H](N)Cc1ccccc1.Nc1ncnc2nc[nH]c12. The largest absolute Gasteiger partial charge is 0.382 e. The molecule has 10 heteroatoms. The molecule has 0 unspecified atom stereocenters. The Hall–Kier alpha value is -4.31. The van der Waals surface area contributed by atoms with E-state index in [9.17, 15) is 9.59 Å². The molecule has 170 valence electrons. The Bertz CT molecular complexity index is 1180. The van der Waals surface area contributed by atoms with Crippen molar-refractivity contribution in [3.05, 3.63) is 84.4 Å². The zero-order valence-electron chi connectivity index (χ0n) is 17.9. The summed E-state index contributed by atoms with van der Waals surface area (Å²) in [5.74, 6) is -0.523. The minimum absolute atomic E-state index is 0.347. The van der Waals surface area contributed by atoms with Crippen LogP contribution in [0.15, 0.2) is 73.3 Å². The van der Waals surface area contributed by atoms with E-state index in [0.717, 1.165) is 11.1 Å². The Kier molecular flexibility index (Phi) is 8.03. The van der Waals surface area contributed by atoms with Gasteiger partial charge in [-0.15, -0.1) is 0 Å². The number of primary amides is 1. The number of anilines is 1. The van der Waals surface area contributed by atoms with Crippen LogP contribution in [0.4, 0.5) is 5.82 Å². The summed E-state index contributed by atoms with van der Waals surface area (Å²) in [7, 11) is 0.